The van der Waals surface area contributed by atoms with E-state index < -0.39 is 0 Å². The molecule has 1 amide bonds. The first-order chi connectivity index (χ1) is 15.2. The van der Waals surface area contributed by atoms with Gasteiger partial charge in [-0.2, -0.15) is 4.80 Å². The standard InChI is InChI=1S/C24H30N6O/c1-19-11-13-20(14-12-19)22(29-15-5-6-16-29)18-25-23(31)10-7-17-30-27-24(26-28-30)21-8-3-2-4-9-21/h2-4,8-9,11-14,22H,5-7,10,15-18H2,1H3,(H,25,31). The van der Waals surface area contributed by atoms with Gasteiger partial charge in [0.1, 0.15) is 0 Å². The number of likely N-dealkylation sites (tertiary alicyclic amines) is 1. The predicted molar refractivity (Wildman–Crippen MR) is 120 cm³/mol. The third-order valence-corrected chi connectivity index (χ3v) is 5.78. The number of amides is 1. The molecule has 0 saturated carbocycles. The topological polar surface area (TPSA) is 75.9 Å². The number of tetrazole rings is 1. The van der Waals surface area contributed by atoms with Gasteiger partial charge < -0.3 is 5.32 Å². The molecule has 1 aliphatic rings. The summed E-state index contributed by atoms with van der Waals surface area (Å²) < 4.78 is 0. The Bertz CT molecular complexity index is 963. The number of carbonyl (C=O) groups is 1. The highest BCUT2D eigenvalue weighted by Crippen LogP contribution is 2.25. The summed E-state index contributed by atoms with van der Waals surface area (Å²) in [6.07, 6.45) is 3.58. The number of aromatic nitrogens is 4. The number of rotatable bonds is 9. The first kappa shape index (κ1) is 21.2. The van der Waals surface area contributed by atoms with Crippen LogP contribution < -0.4 is 5.32 Å². The molecule has 2 heterocycles. The minimum Gasteiger partial charge on any atom is -0.354 e. The Kier molecular flexibility index (Phi) is 7.04. The van der Waals surface area contributed by atoms with Gasteiger partial charge in [-0.1, -0.05) is 60.2 Å². The molecule has 1 N–H and O–H groups in total. The normalized spacial score (nSPS) is 15.1. The summed E-state index contributed by atoms with van der Waals surface area (Å²) in [6, 6.07) is 18.7. The fourth-order valence-corrected chi connectivity index (χ4v) is 4.02. The van der Waals surface area contributed by atoms with Crippen molar-refractivity contribution >= 4 is 5.91 Å². The third kappa shape index (κ3) is 5.76. The van der Waals surface area contributed by atoms with Crippen molar-refractivity contribution < 1.29 is 4.79 Å². The molecule has 0 spiro atoms. The van der Waals surface area contributed by atoms with Gasteiger partial charge in [0.25, 0.3) is 0 Å². The van der Waals surface area contributed by atoms with E-state index in [9.17, 15) is 4.79 Å². The molecule has 31 heavy (non-hydrogen) atoms. The van der Waals surface area contributed by atoms with E-state index in [0.29, 0.717) is 31.8 Å². The van der Waals surface area contributed by atoms with Crippen LogP contribution in [0, 0.1) is 6.92 Å². The number of hydrogen-bond acceptors (Lipinski definition) is 5. The molecule has 1 fully saturated rings. The summed E-state index contributed by atoms with van der Waals surface area (Å²) in [5.41, 5.74) is 3.47. The first-order valence-electron chi connectivity index (χ1n) is 11.1. The summed E-state index contributed by atoms with van der Waals surface area (Å²) >= 11 is 0. The second kappa shape index (κ2) is 10.3. The summed E-state index contributed by atoms with van der Waals surface area (Å²) in [7, 11) is 0. The fraction of sp³-hybridized carbons (Fsp3) is 0.417. The van der Waals surface area contributed by atoms with Crippen molar-refractivity contribution in [3.05, 3.63) is 65.7 Å². The lowest BCUT2D eigenvalue weighted by molar-refractivity contribution is -0.121. The van der Waals surface area contributed by atoms with E-state index in [1.54, 1.807) is 4.80 Å². The van der Waals surface area contributed by atoms with Crippen molar-refractivity contribution in [2.45, 2.75) is 45.2 Å². The van der Waals surface area contributed by atoms with Crippen LogP contribution in [0.5, 0.6) is 0 Å². The lowest BCUT2D eigenvalue weighted by atomic mass is 10.0. The monoisotopic (exact) mass is 418 g/mol. The van der Waals surface area contributed by atoms with Gasteiger partial charge in [-0.25, -0.2) is 0 Å². The van der Waals surface area contributed by atoms with Crippen LogP contribution in [0.15, 0.2) is 54.6 Å². The maximum atomic E-state index is 12.5. The Labute approximate surface area is 183 Å². The number of benzene rings is 2. The summed E-state index contributed by atoms with van der Waals surface area (Å²) in [5, 5.41) is 15.8. The average molecular weight is 419 g/mol. The van der Waals surface area contributed by atoms with Crippen molar-refractivity contribution in [2.75, 3.05) is 19.6 Å². The first-order valence-corrected chi connectivity index (χ1v) is 11.1. The van der Waals surface area contributed by atoms with Crippen molar-refractivity contribution in [3.8, 4) is 11.4 Å². The molecule has 2 aromatic carbocycles. The summed E-state index contributed by atoms with van der Waals surface area (Å²) in [5.74, 6) is 0.677. The zero-order chi connectivity index (χ0) is 21.5. The number of carbonyl (C=O) groups excluding carboxylic acids is 1. The second-order valence-corrected chi connectivity index (χ2v) is 8.15. The van der Waals surface area contributed by atoms with E-state index in [0.717, 1.165) is 18.7 Å². The van der Waals surface area contributed by atoms with Gasteiger partial charge in [0, 0.05) is 18.5 Å². The van der Waals surface area contributed by atoms with E-state index >= 15 is 0 Å². The van der Waals surface area contributed by atoms with Gasteiger partial charge in [0.2, 0.25) is 11.7 Å². The van der Waals surface area contributed by atoms with Crippen molar-refractivity contribution in [3.63, 3.8) is 0 Å². The minimum atomic E-state index is 0.0692. The van der Waals surface area contributed by atoms with Gasteiger partial charge in [0.15, 0.2) is 0 Å². The van der Waals surface area contributed by atoms with Gasteiger partial charge in [0.05, 0.1) is 12.6 Å². The highest BCUT2D eigenvalue weighted by molar-refractivity contribution is 5.75. The molecule has 0 radical (unpaired) electrons. The lowest BCUT2D eigenvalue weighted by Crippen LogP contribution is -2.36. The Morgan fingerprint density at radius 1 is 1.06 bits per heavy atom. The van der Waals surface area contributed by atoms with Crippen LogP contribution in [0.3, 0.4) is 0 Å². The van der Waals surface area contributed by atoms with Gasteiger partial charge in [-0.05, 0) is 50.1 Å². The molecule has 162 valence electrons. The molecule has 0 bridgehead atoms. The molecule has 7 heteroatoms. The van der Waals surface area contributed by atoms with Gasteiger partial charge >= 0.3 is 0 Å². The van der Waals surface area contributed by atoms with Crippen LogP contribution in [-0.4, -0.2) is 50.6 Å². The van der Waals surface area contributed by atoms with Crippen molar-refractivity contribution in [1.82, 2.24) is 30.4 Å². The Morgan fingerprint density at radius 2 is 1.81 bits per heavy atom. The molecule has 7 nitrogen and oxygen atoms in total. The van der Waals surface area contributed by atoms with Crippen LogP contribution in [0.2, 0.25) is 0 Å². The largest absolute Gasteiger partial charge is 0.354 e. The molecular weight excluding hydrogens is 388 g/mol. The zero-order valence-electron chi connectivity index (χ0n) is 18.1. The Morgan fingerprint density at radius 3 is 2.55 bits per heavy atom. The van der Waals surface area contributed by atoms with E-state index in [4.69, 9.17) is 0 Å². The average Bonchev–Trinajstić information content (AvgIpc) is 3.48. The molecular formula is C24H30N6O. The molecule has 3 aromatic rings. The molecule has 1 aromatic heterocycles. The van der Waals surface area contributed by atoms with Crippen molar-refractivity contribution in [1.29, 1.82) is 0 Å². The molecule has 1 unspecified atom stereocenters. The van der Waals surface area contributed by atoms with Gasteiger partial charge in [-0.3, -0.25) is 9.69 Å². The molecule has 0 aliphatic carbocycles. The minimum absolute atomic E-state index is 0.0692. The number of aryl methyl sites for hydroxylation is 2. The Balaban J connectivity index is 1.26. The summed E-state index contributed by atoms with van der Waals surface area (Å²) in [4.78, 5) is 16.5. The van der Waals surface area contributed by atoms with E-state index in [-0.39, 0.29) is 11.9 Å². The zero-order valence-corrected chi connectivity index (χ0v) is 18.1. The third-order valence-electron chi connectivity index (χ3n) is 5.78. The van der Waals surface area contributed by atoms with E-state index in [2.05, 4.69) is 56.8 Å². The molecule has 1 atom stereocenters. The van der Waals surface area contributed by atoms with Crippen LogP contribution in [0.4, 0.5) is 0 Å². The summed E-state index contributed by atoms with van der Waals surface area (Å²) in [6.45, 7) is 5.50. The molecule has 1 saturated heterocycles. The predicted octanol–water partition coefficient (Wildman–Crippen LogP) is 3.38. The SMILES string of the molecule is Cc1ccc(C(CNC(=O)CCCn2nnc(-c3ccccc3)n2)N2CCCC2)cc1. The van der Waals surface area contributed by atoms with Crippen LogP contribution >= 0.6 is 0 Å². The fourth-order valence-electron chi connectivity index (χ4n) is 4.02. The van der Waals surface area contributed by atoms with Crippen LogP contribution in [0.1, 0.15) is 42.9 Å². The lowest BCUT2D eigenvalue weighted by Gasteiger charge is -2.28. The molecule has 1 aliphatic heterocycles. The quantitative estimate of drug-likeness (QED) is 0.577. The Hall–Kier alpha value is -3.06. The highest BCUT2D eigenvalue weighted by Gasteiger charge is 2.23. The van der Waals surface area contributed by atoms with E-state index in [1.165, 1.54) is 24.0 Å². The highest BCUT2D eigenvalue weighted by atomic mass is 16.1. The second-order valence-electron chi connectivity index (χ2n) is 8.15. The van der Waals surface area contributed by atoms with Crippen molar-refractivity contribution in [2.24, 2.45) is 0 Å². The van der Waals surface area contributed by atoms with Crippen LogP contribution in [0.25, 0.3) is 11.4 Å². The smallest absolute Gasteiger partial charge is 0.220 e. The molecule has 4 rings (SSSR count). The maximum Gasteiger partial charge on any atom is 0.220 e. The number of hydrogen-bond donors (Lipinski definition) is 1. The van der Waals surface area contributed by atoms with E-state index in [1.807, 2.05) is 30.3 Å². The van der Waals surface area contributed by atoms with Crippen LogP contribution in [-0.2, 0) is 11.3 Å². The number of nitrogens with zero attached hydrogens (tertiary/aromatic N) is 5. The number of nitrogens with one attached hydrogen (secondary N) is 1. The van der Waals surface area contributed by atoms with Gasteiger partial charge in [-0.15, -0.1) is 10.2 Å². The maximum absolute atomic E-state index is 12.5.